The molecule has 0 saturated carbocycles. The van der Waals surface area contributed by atoms with Crippen molar-refractivity contribution in [2.45, 2.75) is 0 Å². The fourth-order valence-corrected chi connectivity index (χ4v) is 9.64. The Labute approximate surface area is 366 Å². The second-order valence-electron chi connectivity index (χ2n) is 16.2. The van der Waals surface area contributed by atoms with Crippen LogP contribution in [0.2, 0.25) is 0 Å². The van der Waals surface area contributed by atoms with Crippen LogP contribution in [0.25, 0.3) is 88.4 Å². The molecule has 0 aliphatic heterocycles. The topological polar surface area (TPSA) is 13.1 Å². The Hall–Kier alpha value is -8.40. The molecule has 0 N–H and O–H groups in total. The number of aromatic nitrogens is 2. The maximum absolute atomic E-state index is 2.44. The Morgan fingerprint density at radius 3 is 1.40 bits per heavy atom. The lowest BCUT2D eigenvalue weighted by atomic mass is 9.95. The molecular formula is C60H41N3. The van der Waals surface area contributed by atoms with Crippen molar-refractivity contribution in [2.75, 3.05) is 4.90 Å². The second kappa shape index (κ2) is 15.3. The van der Waals surface area contributed by atoms with Gasteiger partial charge in [-0.25, -0.2) is 0 Å². The molecular weight excluding hydrogens is 763 g/mol. The molecule has 0 saturated heterocycles. The molecule has 0 atom stereocenters. The summed E-state index contributed by atoms with van der Waals surface area (Å²) in [6, 6.07) is 90.2. The zero-order valence-electron chi connectivity index (χ0n) is 34.5. The number of benzene rings is 10. The lowest BCUT2D eigenvalue weighted by Gasteiger charge is -2.27. The molecule has 12 aromatic rings. The zero-order valence-corrected chi connectivity index (χ0v) is 34.5. The molecule has 0 amide bonds. The van der Waals surface area contributed by atoms with Crippen LogP contribution in [0.15, 0.2) is 249 Å². The summed E-state index contributed by atoms with van der Waals surface area (Å²) < 4.78 is 4.82. The first-order chi connectivity index (χ1) is 31.3. The molecule has 0 fully saturated rings. The van der Waals surface area contributed by atoms with Gasteiger partial charge in [0, 0.05) is 55.5 Å². The van der Waals surface area contributed by atoms with Crippen LogP contribution >= 0.6 is 0 Å². The molecule has 3 heteroatoms. The van der Waals surface area contributed by atoms with Crippen LogP contribution in [-0.4, -0.2) is 9.13 Å². The first-order valence-corrected chi connectivity index (χ1v) is 21.6. The highest BCUT2D eigenvalue weighted by molar-refractivity contribution is 6.14. The van der Waals surface area contributed by atoms with Crippen LogP contribution in [0.4, 0.5) is 17.1 Å². The van der Waals surface area contributed by atoms with Crippen molar-refractivity contribution in [1.29, 1.82) is 0 Å². The summed E-state index contributed by atoms with van der Waals surface area (Å²) in [5.74, 6) is 0. The molecule has 0 bridgehead atoms. The second-order valence-corrected chi connectivity index (χ2v) is 16.2. The predicted molar refractivity (Wildman–Crippen MR) is 266 cm³/mol. The van der Waals surface area contributed by atoms with Crippen LogP contribution < -0.4 is 4.90 Å². The first-order valence-electron chi connectivity index (χ1n) is 21.6. The van der Waals surface area contributed by atoms with Gasteiger partial charge in [0.05, 0.1) is 22.1 Å². The molecule has 296 valence electrons. The van der Waals surface area contributed by atoms with Crippen molar-refractivity contribution in [3.8, 4) is 44.8 Å². The molecule has 0 aliphatic carbocycles. The van der Waals surface area contributed by atoms with Crippen molar-refractivity contribution in [2.24, 2.45) is 0 Å². The molecule has 0 aliphatic rings. The molecule has 12 rings (SSSR count). The summed E-state index contributed by atoms with van der Waals surface area (Å²) in [6.45, 7) is 0. The van der Waals surface area contributed by atoms with Gasteiger partial charge in [-0.2, -0.15) is 0 Å². The third kappa shape index (κ3) is 6.29. The fourth-order valence-electron chi connectivity index (χ4n) is 9.64. The Morgan fingerprint density at radius 2 is 0.714 bits per heavy atom. The van der Waals surface area contributed by atoms with Gasteiger partial charge < -0.3 is 14.0 Å². The van der Waals surface area contributed by atoms with Crippen LogP contribution in [0.5, 0.6) is 0 Å². The van der Waals surface area contributed by atoms with Crippen molar-refractivity contribution in [1.82, 2.24) is 9.13 Å². The molecule has 0 radical (unpaired) electrons. The monoisotopic (exact) mass is 803 g/mol. The summed E-state index contributed by atoms with van der Waals surface area (Å²) in [4.78, 5) is 2.40. The van der Waals surface area contributed by atoms with E-state index in [1.165, 1.54) is 60.3 Å². The van der Waals surface area contributed by atoms with Gasteiger partial charge in [0.2, 0.25) is 0 Å². The normalized spacial score (nSPS) is 11.5. The van der Waals surface area contributed by atoms with E-state index in [1.807, 2.05) is 0 Å². The lowest BCUT2D eigenvalue weighted by Crippen LogP contribution is -2.10. The highest BCUT2D eigenvalue weighted by Gasteiger charge is 2.21. The summed E-state index contributed by atoms with van der Waals surface area (Å²) in [7, 11) is 0. The highest BCUT2D eigenvalue weighted by atomic mass is 15.1. The van der Waals surface area contributed by atoms with E-state index >= 15 is 0 Å². The van der Waals surface area contributed by atoms with Crippen LogP contribution in [-0.2, 0) is 0 Å². The minimum atomic E-state index is 1.07. The molecule has 0 unspecified atom stereocenters. The van der Waals surface area contributed by atoms with Gasteiger partial charge in [-0.05, 0) is 113 Å². The van der Waals surface area contributed by atoms with Gasteiger partial charge >= 0.3 is 0 Å². The van der Waals surface area contributed by atoms with E-state index in [0.29, 0.717) is 0 Å². The van der Waals surface area contributed by atoms with Crippen molar-refractivity contribution < 1.29 is 0 Å². The number of hydrogen-bond donors (Lipinski definition) is 0. The third-order valence-electron chi connectivity index (χ3n) is 12.5. The van der Waals surface area contributed by atoms with E-state index in [9.17, 15) is 0 Å². The van der Waals surface area contributed by atoms with Gasteiger partial charge in [0.1, 0.15) is 0 Å². The first kappa shape index (κ1) is 36.5. The molecule has 3 nitrogen and oxygen atoms in total. The molecule has 0 spiro atoms. The molecule has 2 aromatic heterocycles. The Balaban J connectivity index is 1.10. The minimum absolute atomic E-state index is 1.07. The highest BCUT2D eigenvalue weighted by Crippen LogP contribution is 2.44. The quantitative estimate of drug-likeness (QED) is 0.149. The fraction of sp³-hybridized carbons (Fsp3) is 0. The summed E-state index contributed by atoms with van der Waals surface area (Å²) >= 11 is 0. The van der Waals surface area contributed by atoms with Crippen molar-refractivity contribution >= 4 is 60.7 Å². The van der Waals surface area contributed by atoms with E-state index in [4.69, 9.17) is 0 Å². The van der Waals surface area contributed by atoms with Gasteiger partial charge in [-0.15, -0.1) is 0 Å². The summed E-state index contributed by atoms with van der Waals surface area (Å²) in [6.07, 6.45) is 0. The number of fused-ring (bicyclic) bond motifs is 6. The Kier molecular flexibility index (Phi) is 8.83. The molecule has 2 heterocycles. The van der Waals surface area contributed by atoms with E-state index in [1.54, 1.807) is 0 Å². The smallest absolute Gasteiger partial charge is 0.0619 e. The van der Waals surface area contributed by atoms with Crippen LogP contribution in [0.3, 0.4) is 0 Å². The number of rotatable bonds is 8. The predicted octanol–water partition coefficient (Wildman–Crippen LogP) is 16.4. The van der Waals surface area contributed by atoms with E-state index in [2.05, 4.69) is 263 Å². The maximum Gasteiger partial charge on any atom is 0.0619 e. The van der Waals surface area contributed by atoms with Gasteiger partial charge in [-0.1, -0.05) is 164 Å². The van der Waals surface area contributed by atoms with Gasteiger partial charge in [-0.3, -0.25) is 0 Å². The van der Waals surface area contributed by atoms with E-state index < -0.39 is 0 Å². The number of para-hydroxylation sites is 6. The van der Waals surface area contributed by atoms with Gasteiger partial charge in [0.15, 0.2) is 0 Å². The largest absolute Gasteiger partial charge is 0.310 e. The molecule has 63 heavy (non-hydrogen) atoms. The Morgan fingerprint density at radius 1 is 0.254 bits per heavy atom. The third-order valence-corrected chi connectivity index (χ3v) is 12.5. The van der Waals surface area contributed by atoms with Gasteiger partial charge in [0.25, 0.3) is 0 Å². The average Bonchev–Trinajstić information content (AvgIpc) is 3.88. The summed E-state index contributed by atoms with van der Waals surface area (Å²) in [5, 5.41) is 4.98. The Bertz CT molecular complexity index is 3550. The lowest BCUT2D eigenvalue weighted by molar-refractivity contribution is 1.18. The van der Waals surface area contributed by atoms with Crippen LogP contribution in [0, 0.1) is 0 Å². The van der Waals surface area contributed by atoms with E-state index in [0.717, 1.165) is 45.1 Å². The van der Waals surface area contributed by atoms with Crippen molar-refractivity contribution in [3.05, 3.63) is 249 Å². The maximum atomic E-state index is 2.44. The zero-order chi connectivity index (χ0) is 41.7. The van der Waals surface area contributed by atoms with Crippen molar-refractivity contribution in [3.63, 3.8) is 0 Å². The molecule has 10 aromatic carbocycles. The van der Waals surface area contributed by atoms with Crippen LogP contribution in [0.1, 0.15) is 0 Å². The minimum Gasteiger partial charge on any atom is -0.310 e. The average molecular weight is 804 g/mol. The number of nitrogens with zero attached hydrogens (tertiary/aromatic N) is 3. The standard InChI is InChI=1S/C60H41N3/c1-4-18-42(19-5-1)44-20-16-25-50(39-44)61(47-21-6-2-7-22-47)51-40-45(43-34-36-49(37-35-43)62-57-31-13-10-26-53(57)54-27-11-14-32-58(54)62)38-46(41-51)52-29-17-30-56-55-28-12-15-33-59(55)63(60(52)56)48-23-8-3-9-24-48/h1-41H. The van der Waals surface area contributed by atoms with E-state index in [-0.39, 0.29) is 0 Å². The number of hydrogen-bond acceptors (Lipinski definition) is 1. The SMILES string of the molecule is c1ccc(-c2cccc(N(c3ccccc3)c3cc(-c4ccc(-n5c6ccccc6c6ccccc65)cc4)cc(-c4cccc5c6ccccc6n(-c6ccccc6)c45)c3)c2)cc1. The summed E-state index contributed by atoms with van der Waals surface area (Å²) in [5.41, 5.74) is 17.2. The number of anilines is 3.